The monoisotopic (exact) mass is 287 g/mol. The zero-order chi connectivity index (χ0) is 14.8. The maximum atomic E-state index is 12.2. The fourth-order valence-electron chi connectivity index (χ4n) is 2.89. The molecule has 0 spiro atoms. The summed E-state index contributed by atoms with van der Waals surface area (Å²) in [7, 11) is 3.27. The van der Waals surface area contributed by atoms with Crippen molar-refractivity contribution in [2.45, 2.75) is 25.7 Å². The van der Waals surface area contributed by atoms with E-state index in [0.29, 0.717) is 5.75 Å². The molecule has 0 radical (unpaired) electrons. The molecule has 0 saturated heterocycles. The molecule has 0 bridgehead atoms. The van der Waals surface area contributed by atoms with Gasteiger partial charge in [0.1, 0.15) is 0 Å². The van der Waals surface area contributed by atoms with Crippen LogP contribution in [-0.4, -0.2) is 26.5 Å². The number of carbonyl (C=O) groups excluding carboxylic acids is 1. The smallest absolute Gasteiger partial charge is 0.161 e. The SMILES string of the molecule is COc1cc2c(cc1OC)C(=CC(=O)C1CCC1)NCC2. The first-order valence-electron chi connectivity index (χ1n) is 7.47. The lowest BCUT2D eigenvalue weighted by atomic mass is 9.81. The van der Waals surface area contributed by atoms with Crippen molar-refractivity contribution in [1.29, 1.82) is 0 Å². The molecule has 1 N–H and O–H groups in total. The van der Waals surface area contributed by atoms with E-state index in [1.165, 1.54) is 12.0 Å². The maximum absolute atomic E-state index is 12.2. The average molecular weight is 287 g/mol. The first-order valence-corrected chi connectivity index (χ1v) is 7.47. The number of rotatable bonds is 4. The molecule has 1 aromatic carbocycles. The second kappa shape index (κ2) is 5.80. The molecule has 3 rings (SSSR count). The summed E-state index contributed by atoms with van der Waals surface area (Å²) in [4.78, 5) is 12.2. The molecule has 1 aromatic rings. The second-order valence-corrected chi connectivity index (χ2v) is 5.63. The fourth-order valence-corrected chi connectivity index (χ4v) is 2.89. The standard InChI is InChI=1S/C17H21NO3/c1-20-16-8-12-6-7-18-14(13(12)9-17(16)21-2)10-15(19)11-4-3-5-11/h8-11,18H,3-7H2,1-2H3. The molecule has 0 atom stereocenters. The number of methoxy groups -OCH3 is 2. The Kier molecular flexibility index (Phi) is 3.86. The van der Waals surface area contributed by atoms with Crippen LogP contribution >= 0.6 is 0 Å². The predicted molar refractivity (Wildman–Crippen MR) is 81.6 cm³/mol. The van der Waals surface area contributed by atoms with Crippen molar-refractivity contribution < 1.29 is 14.3 Å². The van der Waals surface area contributed by atoms with Gasteiger partial charge in [-0.05, 0) is 37.0 Å². The normalized spacial score (nSPS) is 19.4. The van der Waals surface area contributed by atoms with Crippen LogP contribution in [0, 0.1) is 5.92 Å². The van der Waals surface area contributed by atoms with Crippen molar-refractivity contribution in [3.05, 3.63) is 29.3 Å². The fraction of sp³-hybridized carbons (Fsp3) is 0.471. The molecule has 1 fully saturated rings. The molecular formula is C17H21NO3. The Morgan fingerprint density at radius 2 is 1.95 bits per heavy atom. The van der Waals surface area contributed by atoms with Crippen LogP contribution in [0.3, 0.4) is 0 Å². The Labute approximate surface area is 125 Å². The maximum Gasteiger partial charge on any atom is 0.161 e. The van der Waals surface area contributed by atoms with Crippen LogP contribution in [-0.2, 0) is 11.2 Å². The minimum Gasteiger partial charge on any atom is -0.493 e. The number of benzene rings is 1. The Morgan fingerprint density at radius 1 is 1.24 bits per heavy atom. The van der Waals surface area contributed by atoms with E-state index >= 15 is 0 Å². The number of carbonyl (C=O) groups is 1. The van der Waals surface area contributed by atoms with E-state index in [1.807, 2.05) is 12.1 Å². The van der Waals surface area contributed by atoms with E-state index in [4.69, 9.17) is 9.47 Å². The van der Waals surface area contributed by atoms with E-state index in [-0.39, 0.29) is 11.7 Å². The topological polar surface area (TPSA) is 47.6 Å². The molecule has 1 aliphatic heterocycles. The number of fused-ring (bicyclic) bond motifs is 1. The van der Waals surface area contributed by atoms with Crippen LogP contribution in [0.5, 0.6) is 11.5 Å². The molecule has 0 aromatic heterocycles. The zero-order valence-corrected chi connectivity index (χ0v) is 12.6. The number of allylic oxidation sites excluding steroid dienone is 1. The van der Waals surface area contributed by atoms with Crippen LogP contribution in [0.1, 0.15) is 30.4 Å². The summed E-state index contributed by atoms with van der Waals surface area (Å²) in [5, 5.41) is 3.34. The van der Waals surface area contributed by atoms with Gasteiger partial charge in [0, 0.05) is 29.8 Å². The molecule has 0 unspecified atom stereocenters. The van der Waals surface area contributed by atoms with E-state index < -0.39 is 0 Å². The van der Waals surface area contributed by atoms with Gasteiger partial charge in [0.25, 0.3) is 0 Å². The Morgan fingerprint density at radius 3 is 2.57 bits per heavy atom. The van der Waals surface area contributed by atoms with Gasteiger partial charge in [0.15, 0.2) is 17.3 Å². The zero-order valence-electron chi connectivity index (χ0n) is 12.6. The van der Waals surface area contributed by atoms with Crippen LogP contribution < -0.4 is 14.8 Å². The van der Waals surface area contributed by atoms with Crippen molar-refractivity contribution in [1.82, 2.24) is 5.32 Å². The Hall–Kier alpha value is -1.97. The van der Waals surface area contributed by atoms with E-state index in [0.717, 1.165) is 42.8 Å². The van der Waals surface area contributed by atoms with Crippen LogP contribution in [0.2, 0.25) is 0 Å². The first-order chi connectivity index (χ1) is 10.2. The quantitative estimate of drug-likeness (QED) is 0.865. The molecule has 112 valence electrons. The molecule has 1 heterocycles. The lowest BCUT2D eigenvalue weighted by Gasteiger charge is -2.25. The molecule has 0 amide bonds. The van der Waals surface area contributed by atoms with Gasteiger partial charge in [-0.1, -0.05) is 6.42 Å². The van der Waals surface area contributed by atoms with Crippen molar-refractivity contribution in [3.8, 4) is 11.5 Å². The highest BCUT2D eigenvalue weighted by molar-refractivity contribution is 5.99. The highest BCUT2D eigenvalue weighted by Gasteiger charge is 2.25. The highest BCUT2D eigenvalue weighted by Crippen LogP contribution is 2.35. The van der Waals surface area contributed by atoms with Crippen molar-refractivity contribution in [3.63, 3.8) is 0 Å². The Bertz CT molecular complexity index is 588. The minimum atomic E-state index is 0.227. The van der Waals surface area contributed by atoms with Gasteiger partial charge in [-0.15, -0.1) is 0 Å². The molecule has 21 heavy (non-hydrogen) atoms. The van der Waals surface area contributed by atoms with E-state index in [2.05, 4.69) is 5.32 Å². The minimum absolute atomic E-state index is 0.227. The van der Waals surface area contributed by atoms with Gasteiger partial charge in [-0.2, -0.15) is 0 Å². The molecule has 1 saturated carbocycles. The van der Waals surface area contributed by atoms with E-state index in [1.54, 1.807) is 20.3 Å². The summed E-state index contributed by atoms with van der Waals surface area (Å²) >= 11 is 0. The van der Waals surface area contributed by atoms with Gasteiger partial charge in [0.2, 0.25) is 0 Å². The van der Waals surface area contributed by atoms with Gasteiger partial charge < -0.3 is 14.8 Å². The summed E-state index contributed by atoms with van der Waals surface area (Å²) < 4.78 is 10.7. The molecule has 2 aliphatic rings. The number of hydrogen-bond acceptors (Lipinski definition) is 4. The molecular weight excluding hydrogens is 266 g/mol. The number of ether oxygens (including phenoxy) is 2. The molecule has 1 aliphatic carbocycles. The number of hydrogen-bond donors (Lipinski definition) is 1. The summed E-state index contributed by atoms with van der Waals surface area (Å²) in [5.74, 6) is 1.90. The lowest BCUT2D eigenvalue weighted by Crippen LogP contribution is -2.26. The van der Waals surface area contributed by atoms with Crippen molar-refractivity contribution in [2.24, 2.45) is 5.92 Å². The third-order valence-corrected chi connectivity index (χ3v) is 4.40. The summed E-state index contributed by atoms with van der Waals surface area (Å²) in [6, 6.07) is 3.97. The predicted octanol–water partition coefficient (Wildman–Crippen LogP) is 2.56. The van der Waals surface area contributed by atoms with Gasteiger partial charge in [0.05, 0.1) is 14.2 Å². The Balaban J connectivity index is 1.96. The lowest BCUT2D eigenvalue weighted by molar-refractivity contribution is -0.120. The van der Waals surface area contributed by atoms with Crippen molar-refractivity contribution >= 4 is 11.5 Å². The molecule has 4 heteroatoms. The van der Waals surface area contributed by atoms with Gasteiger partial charge >= 0.3 is 0 Å². The average Bonchev–Trinajstić information content (AvgIpc) is 2.44. The van der Waals surface area contributed by atoms with Crippen LogP contribution in [0.4, 0.5) is 0 Å². The third-order valence-electron chi connectivity index (χ3n) is 4.40. The van der Waals surface area contributed by atoms with Gasteiger partial charge in [-0.3, -0.25) is 4.79 Å². The largest absolute Gasteiger partial charge is 0.493 e. The summed E-state index contributed by atoms with van der Waals surface area (Å²) in [5.41, 5.74) is 3.15. The first kappa shape index (κ1) is 14.0. The highest BCUT2D eigenvalue weighted by atomic mass is 16.5. The summed E-state index contributed by atoms with van der Waals surface area (Å²) in [6.45, 7) is 0.840. The molecule has 4 nitrogen and oxygen atoms in total. The van der Waals surface area contributed by atoms with Crippen molar-refractivity contribution in [2.75, 3.05) is 20.8 Å². The summed E-state index contributed by atoms with van der Waals surface area (Å²) in [6.07, 6.45) is 5.93. The third kappa shape index (κ3) is 2.62. The van der Waals surface area contributed by atoms with Gasteiger partial charge in [-0.25, -0.2) is 0 Å². The second-order valence-electron chi connectivity index (χ2n) is 5.63. The number of nitrogens with one attached hydrogen (secondary N) is 1. The van der Waals surface area contributed by atoms with Crippen LogP contribution in [0.25, 0.3) is 5.70 Å². The number of ketones is 1. The van der Waals surface area contributed by atoms with Crippen LogP contribution in [0.15, 0.2) is 18.2 Å². The van der Waals surface area contributed by atoms with E-state index in [9.17, 15) is 4.79 Å².